The first kappa shape index (κ1) is 15.9. The predicted octanol–water partition coefficient (Wildman–Crippen LogP) is 3.14. The molecule has 4 nitrogen and oxygen atoms in total. The van der Waals surface area contributed by atoms with E-state index in [-0.39, 0.29) is 17.7 Å². The van der Waals surface area contributed by atoms with E-state index in [1.54, 1.807) is 24.3 Å². The number of nitrogens with zero attached hydrogens (tertiary/aromatic N) is 1. The molecule has 2 aliphatic rings. The van der Waals surface area contributed by atoms with Gasteiger partial charge < -0.3 is 10.2 Å². The van der Waals surface area contributed by atoms with Gasteiger partial charge in [-0.15, -0.1) is 0 Å². The predicted molar refractivity (Wildman–Crippen MR) is 96.5 cm³/mol. The summed E-state index contributed by atoms with van der Waals surface area (Å²) in [5.41, 5.74) is 3.36. The summed E-state index contributed by atoms with van der Waals surface area (Å²) in [6.45, 7) is 1.29. The van der Waals surface area contributed by atoms with Gasteiger partial charge in [0.05, 0.1) is 6.04 Å². The van der Waals surface area contributed by atoms with Crippen LogP contribution in [0.1, 0.15) is 27.5 Å². The van der Waals surface area contributed by atoms with Crippen molar-refractivity contribution < 1.29 is 9.59 Å². The molecule has 0 bridgehead atoms. The van der Waals surface area contributed by atoms with Crippen LogP contribution in [0.25, 0.3) is 0 Å². The standard InChI is InChI=1S/C20H17ClN2O2/c21-15-7-5-14(6-8-15)19(24)11-17-20(25)23-10-9-13-3-1-2-4-16(13)18(23)12-22-17/h1-8,11,18,22H,9-10,12H2/b17-11+. The van der Waals surface area contributed by atoms with Crippen molar-refractivity contribution in [2.45, 2.75) is 12.5 Å². The number of halogens is 1. The van der Waals surface area contributed by atoms with Crippen LogP contribution >= 0.6 is 11.6 Å². The van der Waals surface area contributed by atoms with Crippen LogP contribution in [0.2, 0.25) is 5.02 Å². The van der Waals surface area contributed by atoms with Crippen molar-refractivity contribution in [1.29, 1.82) is 0 Å². The highest BCUT2D eigenvalue weighted by Gasteiger charge is 2.36. The number of ketones is 1. The minimum Gasteiger partial charge on any atom is -0.378 e. The number of amides is 1. The largest absolute Gasteiger partial charge is 0.378 e. The van der Waals surface area contributed by atoms with E-state index in [1.807, 2.05) is 17.0 Å². The molecule has 2 aliphatic heterocycles. The number of allylic oxidation sites excluding steroid dienone is 1. The smallest absolute Gasteiger partial charge is 0.270 e. The highest BCUT2D eigenvalue weighted by molar-refractivity contribution is 6.30. The molecule has 5 heteroatoms. The molecule has 0 aromatic heterocycles. The second-order valence-electron chi connectivity index (χ2n) is 6.27. The maximum atomic E-state index is 12.8. The first-order valence-electron chi connectivity index (χ1n) is 8.28. The summed E-state index contributed by atoms with van der Waals surface area (Å²) in [5, 5.41) is 3.72. The first-order chi connectivity index (χ1) is 12.1. The van der Waals surface area contributed by atoms with E-state index in [0.29, 0.717) is 29.4 Å². The van der Waals surface area contributed by atoms with Crippen LogP contribution in [0.5, 0.6) is 0 Å². The van der Waals surface area contributed by atoms with Crippen molar-refractivity contribution in [2.24, 2.45) is 0 Å². The lowest BCUT2D eigenvalue weighted by Gasteiger charge is -2.41. The number of fused-ring (bicyclic) bond motifs is 3. The Labute approximate surface area is 151 Å². The van der Waals surface area contributed by atoms with Gasteiger partial charge >= 0.3 is 0 Å². The van der Waals surface area contributed by atoms with Crippen molar-refractivity contribution in [3.05, 3.63) is 82.0 Å². The van der Waals surface area contributed by atoms with E-state index >= 15 is 0 Å². The van der Waals surface area contributed by atoms with E-state index in [9.17, 15) is 9.59 Å². The minimum absolute atomic E-state index is 0.0280. The molecule has 1 fully saturated rings. The fraction of sp³-hybridized carbons (Fsp3) is 0.200. The molecule has 0 radical (unpaired) electrons. The number of piperazine rings is 1. The maximum Gasteiger partial charge on any atom is 0.270 e. The van der Waals surface area contributed by atoms with Gasteiger partial charge in [-0.3, -0.25) is 9.59 Å². The zero-order chi connectivity index (χ0) is 17.4. The highest BCUT2D eigenvalue weighted by atomic mass is 35.5. The Balaban J connectivity index is 1.58. The SMILES string of the molecule is O=C(/C=C1/NCC2c3ccccc3CCN2C1=O)c1ccc(Cl)cc1. The monoisotopic (exact) mass is 352 g/mol. The average Bonchev–Trinajstić information content (AvgIpc) is 2.64. The zero-order valence-corrected chi connectivity index (χ0v) is 14.3. The minimum atomic E-state index is -0.205. The number of rotatable bonds is 2. The molecule has 1 N–H and O–H groups in total. The highest BCUT2D eigenvalue weighted by Crippen LogP contribution is 2.32. The molecule has 0 aliphatic carbocycles. The van der Waals surface area contributed by atoms with Gasteiger partial charge in [-0.05, 0) is 41.8 Å². The first-order valence-corrected chi connectivity index (χ1v) is 8.65. The topological polar surface area (TPSA) is 49.4 Å². The van der Waals surface area contributed by atoms with E-state index in [4.69, 9.17) is 11.6 Å². The fourth-order valence-electron chi connectivity index (χ4n) is 3.49. The number of hydrogen-bond acceptors (Lipinski definition) is 3. The van der Waals surface area contributed by atoms with Crippen LogP contribution in [0.4, 0.5) is 0 Å². The van der Waals surface area contributed by atoms with Crippen LogP contribution in [-0.2, 0) is 11.2 Å². The molecule has 4 rings (SSSR count). The van der Waals surface area contributed by atoms with E-state index in [0.717, 1.165) is 6.42 Å². The Bertz CT molecular complexity index is 874. The summed E-state index contributed by atoms with van der Waals surface area (Å²) < 4.78 is 0. The molecule has 1 unspecified atom stereocenters. The fourth-order valence-corrected chi connectivity index (χ4v) is 3.62. The van der Waals surface area contributed by atoms with Crippen molar-refractivity contribution in [3.8, 4) is 0 Å². The Morgan fingerprint density at radius 3 is 2.72 bits per heavy atom. The lowest BCUT2D eigenvalue weighted by Crippen LogP contribution is -2.51. The Hall–Kier alpha value is -2.59. The molecule has 1 atom stereocenters. The van der Waals surface area contributed by atoms with Gasteiger partial charge in [0.25, 0.3) is 5.91 Å². The summed E-state index contributed by atoms with van der Waals surface area (Å²) in [5.74, 6) is -0.323. The van der Waals surface area contributed by atoms with Crippen molar-refractivity contribution in [2.75, 3.05) is 13.1 Å². The molecule has 2 aromatic carbocycles. The van der Waals surface area contributed by atoms with Crippen molar-refractivity contribution >= 4 is 23.3 Å². The summed E-state index contributed by atoms with van der Waals surface area (Å²) in [6, 6.07) is 14.9. The molecular formula is C20H17ClN2O2. The number of carbonyl (C=O) groups excluding carboxylic acids is 2. The number of benzene rings is 2. The third-order valence-corrected chi connectivity index (χ3v) is 5.05. The van der Waals surface area contributed by atoms with E-state index in [2.05, 4.69) is 17.4 Å². The normalized spacial score (nSPS) is 20.7. The second-order valence-corrected chi connectivity index (χ2v) is 6.71. The van der Waals surface area contributed by atoms with Gasteiger partial charge in [0.15, 0.2) is 5.78 Å². The molecule has 126 valence electrons. The third-order valence-electron chi connectivity index (χ3n) is 4.79. The van der Waals surface area contributed by atoms with Gasteiger partial charge in [0.2, 0.25) is 0 Å². The Kier molecular flexibility index (Phi) is 4.06. The summed E-state index contributed by atoms with van der Waals surface area (Å²) in [6.07, 6.45) is 2.24. The van der Waals surface area contributed by atoms with Crippen molar-refractivity contribution in [3.63, 3.8) is 0 Å². The van der Waals surface area contributed by atoms with Crippen LogP contribution in [0, 0.1) is 0 Å². The molecular weight excluding hydrogens is 336 g/mol. The lowest BCUT2D eigenvalue weighted by atomic mass is 9.90. The van der Waals surface area contributed by atoms with Gasteiger partial charge in [-0.25, -0.2) is 0 Å². The molecule has 1 amide bonds. The van der Waals surface area contributed by atoms with Gasteiger partial charge in [-0.2, -0.15) is 0 Å². The van der Waals surface area contributed by atoms with Gasteiger partial charge in [0.1, 0.15) is 5.70 Å². The average molecular weight is 353 g/mol. The Morgan fingerprint density at radius 2 is 1.92 bits per heavy atom. The molecule has 2 heterocycles. The Morgan fingerprint density at radius 1 is 1.16 bits per heavy atom. The van der Waals surface area contributed by atoms with E-state index < -0.39 is 0 Å². The van der Waals surface area contributed by atoms with Crippen molar-refractivity contribution in [1.82, 2.24) is 10.2 Å². The molecule has 0 saturated carbocycles. The molecule has 25 heavy (non-hydrogen) atoms. The third kappa shape index (κ3) is 2.94. The quantitative estimate of drug-likeness (QED) is 0.667. The molecule has 2 aromatic rings. The van der Waals surface area contributed by atoms with Gasteiger partial charge in [0, 0.05) is 29.8 Å². The number of nitrogens with one attached hydrogen (secondary N) is 1. The molecule has 1 saturated heterocycles. The maximum absolute atomic E-state index is 12.8. The zero-order valence-electron chi connectivity index (χ0n) is 13.5. The van der Waals surface area contributed by atoms with Crippen LogP contribution < -0.4 is 5.32 Å². The number of hydrogen-bond donors (Lipinski definition) is 1. The van der Waals surface area contributed by atoms with Crippen LogP contribution in [-0.4, -0.2) is 29.7 Å². The van der Waals surface area contributed by atoms with E-state index in [1.165, 1.54) is 17.2 Å². The van der Waals surface area contributed by atoms with Gasteiger partial charge in [-0.1, -0.05) is 35.9 Å². The summed E-state index contributed by atoms with van der Waals surface area (Å²) >= 11 is 5.85. The second kappa shape index (κ2) is 6.37. The van der Waals surface area contributed by atoms with Crippen LogP contribution in [0.3, 0.4) is 0 Å². The summed E-state index contributed by atoms with van der Waals surface area (Å²) in [4.78, 5) is 27.1. The molecule has 0 spiro atoms. The lowest BCUT2D eigenvalue weighted by molar-refractivity contribution is -0.132. The summed E-state index contributed by atoms with van der Waals surface area (Å²) in [7, 11) is 0. The van der Waals surface area contributed by atoms with Crippen LogP contribution in [0.15, 0.2) is 60.3 Å². The number of carbonyl (C=O) groups is 2.